The van der Waals surface area contributed by atoms with Gasteiger partial charge in [0.2, 0.25) is 5.91 Å². The number of carbonyl (C=O) groups is 1. The number of nitrogens with zero attached hydrogens (tertiary/aromatic N) is 4. The number of benzene rings is 1. The monoisotopic (exact) mass is 427 g/mol. The number of aromatic nitrogens is 4. The van der Waals surface area contributed by atoms with Gasteiger partial charge in [-0.1, -0.05) is 42.5 Å². The zero-order valence-electron chi connectivity index (χ0n) is 17.8. The molecule has 0 radical (unpaired) electrons. The Balaban J connectivity index is 1.71. The molecule has 7 nitrogen and oxygen atoms in total. The number of hydrogen-bond acceptors (Lipinski definition) is 5. The van der Waals surface area contributed by atoms with E-state index >= 15 is 0 Å². The Morgan fingerprint density at radius 2 is 1.66 bits per heavy atom. The molecule has 0 saturated heterocycles. The minimum absolute atomic E-state index is 0.196. The third kappa shape index (κ3) is 4.58. The highest BCUT2D eigenvalue weighted by Crippen LogP contribution is 2.40. The van der Waals surface area contributed by atoms with Crippen LogP contribution in [0.15, 0.2) is 91.6 Å². The number of amides is 1. The molecule has 0 aliphatic rings. The predicted octanol–water partition coefficient (Wildman–Crippen LogP) is 3.17. The van der Waals surface area contributed by atoms with Gasteiger partial charge in [0.1, 0.15) is 5.60 Å². The van der Waals surface area contributed by atoms with E-state index in [9.17, 15) is 9.90 Å². The van der Waals surface area contributed by atoms with E-state index in [1.54, 1.807) is 53.7 Å². The molecule has 0 bridgehead atoms. The van der Waals surface area contributed by atoms with Gasteiger partial charge in [-0.2, -0.15) is 5.10 Å². The van der Waals surface area contributed by atoms with Crippen LogP contribution in [0.1, 0.15) is 34.8 Å². The molecule has 162 valence electrons. The summed E-state index contributed by atoms with van der Waals surface area (Å²) in [7, 11) is 0. The fraction of sp³-hybridized carbons (Fsp3) is 0.200. The first-order chi connectivity index (χ1) is 15.6. The van der Waals surface area contributed by atoms with Crippen LogP contribution in [0.2, 0.25) is 0 Å². The lowest BCUT2D eigenvalue weighted by molar-refractivity contribution is -0.124. The van der Waals surface area contributed by atoms with Gasteiger partial charge in [0.05, 0.1) is 11.7 Å². The molecule has 0 aliphatic heterocycles. The molecule has 32 heavy (non-hydrogen) atoms. The van der Waals surface area contributed by atoms with Gasteiger partial charge in [-0.3, -0.25) is 19.4 Å². The Hall–Kier alpha value is -3.84. The summed E-state index contributed by atoms with van der Waals surface area (Å²) in [5.41, 5.74) is 1.21. The van der Waals surface area contributed by atoms with E-state index in [1.165, 1.54) is 0 Å². The lowest BCUT2D eigenvalue weighted by Crippen LogP contribution is -2.45. The molecule has 0 saturated carbocycles. The molecule has 2 N–H and O–H groups in total. The number of nitrogens with one attached hydrogen (secondary N) is 1. The van der Waals surface area contributed by atoms with Crippen molar-refractivity contribution in [2.24, 2.45) is 0 Å². The summed E-state index contributed by atoms with van der Waals surface area (Å²) in [4.78, 5) is 21.4. The molecule has 0 unspecified atom stereocenters. The zero-order chi connectivity index (χ0) is 22.4. The van der Waals surface area contributed by atoms with Crippen LogP contribution in [0.4, 0.5) is 0 Å². The van der Waals surface area contributed by atoms with Crippen molar-refractivity contribution in [1.29, 1.82) is 0 Å². The van der Waals surface area contributed by atoms with Gasteiger partial charge >= 0.3 is 0 Å². The van der Waals surface area contributed by atoms with Crippen molar-refractivity contribution in [2.75, 3.05) is 0 Å². The first-order valence-corrected chi connectivity index (χ1v) is 10.4. The molecular weight excluding hydrogens is 402 g/mol. The smallest absolute Gasteiger partial charge is 0.222 e. The summed E-state index contributed by atoms with van der Waals surface area (Å²) in [5.74, 6) is -0.196. The number of pyridine rings is 2. The van der Waals surface area contributed by atoms with Gasteiger partial charge in [0.25, 0.3) is 0 Å². The molecule has 1 amide bonds. The van der Waals surface area contributed by atoms with Gasteiger partial charge < -0.3 is 10.4 Å². The van der Waals surface area contributed by atoms with Gasteiger partial charge in [-0.25, -0.2) is 0 Å². The van der Waals surface area contributed by atoms with E-state index in [2.05, 4.69) is 20.4 Å². The highest BCUT2D eigenvalue weighted by Gasteiger charge is 2.42. The highest BCUT2D eigenvalue weighted by atomic mass is 16.3. The number of hydrogen-bond donors (Lipinski definition) is 2. The van der Waals surface area contributed by atoms with Crippen LogP contribution in [-0.4, -0.2) is 30.8 Å². The van der Waals surface area contributed by atoms with Crippen LogP contribution in [0.5, 0.6) is 0 Å². The van der Waals surface area contributed by atoms with Crippen molar-refractivity contribution in [3.05, 3.63) is 114 Å². The van der Waals surface area contributed by atoms with Crippen LogP contribution in [-0.2, 0) is 16.9 Å². The summed E-state index contributed by atoms with van der Waals surface area (Å²) in [5, 5.41) is 19.6. The maximum atomic E-state index is 13.0. The molecule has 7 heteroatoms. The summed E-state index contributed by atoms with van der Waals surface area (Å²) < 4.78 is 1.74. The molecule has 4 rings (SSSR count). The average Bonchev–Trinajstić information content (AvgIpc) is 3.27. The lowest BCUT2D eigenvalue weighted by Gasteiger charge is -2.37. The molecule has 4 aromatic rings. The van der Waals surface area contributed by atoms with E-state index in [1.807, 2.05) is 49.5 Å². The fourth-order valence-corrected chi connectivity index (χ4v) is 3.79. The Labute approximate surface area is 186 Å². The summed E-state index contributed by atoms with van der Waals surface area (Å²) >= 11 is 0. The summed E-state index contributed by atoms with van der Waals surface area (Å²) in [6.07, 6.45) is 8.59. The molecular formula is C25H25N5O2. The van der Waals surface area contributed by atoms with Gasteiger partial charge in [0.15, 0.2) is 0 Å². The van der Waals surface area contributed by atoms with Crippen molar-refractivity contribution >= 4 is 5.91 Å². The van der Waals surface area contributed by atoms with E-state index in [-0.39, 0.29) is 12.3 Å². The summed E-state index contributed by atoms with van der Waals surface area (Å²) in [6, 6.07) is 17.7. The molecule has 3 aromatic heterocycles. The topological polar surface area (TPSA) is 92.9 Å². The highest BCUT2D eigenvalue weighted by molar-refractivity contribution is 5.76. The number of aliphatic hydroxyl groups is 1. The lowest BCUT2D eigenvalue weighted by atomic mass is 9.78. The molecule has 0 spiro atoms. The van der Waals surface area contributed by atoms with E-state index in [0.717, 1.165) is 11.3 Å². The summed E-state index contributed by atoms with van der Waals surface area (Å²) in [6.45, 7) is 2.35. The molecule has 1 atom stereocenters. The van der Waals surface area contributed by atoms with Crippen molar-refractivity contribution in [2.45, 2.75) is 31.5 Å². The standard InChI is InChI=1S/C25H25N5O2/c1-19-11-15-30(29-19)16-12-23(31)28-24(20-7-3-2-4-8-20)25(32,21-9-5-13-26-17-21)22-10-6-14-27-18-22/h2-11,13-15,17-18,24,32H,12,16H2,1H3,(H,28,31)/t24-/m1/s1. The second-order valence-electron chi connectivity index (χ2n) is 7.63. The predicted molar refractivity (Wildman–Crippen MR) is 120 cm³/mol. The number of aryl methyl sites for hydroxylation is 2. The van der Waals surface area contributed by atoms with Crippen LogP contribution >= 0.6 is 0 Å². The Kier molecular flexibility index (Phi) is 6.37. The minimum atomic E-state index is -1.58. The van der Waals surface area contributed by atoms with Crippen LogP contribution in [0, 0.1) is 6.92 Å². The van der Waals surface area contributed by atoms with E-state index in [4.69, 9.17) is 0 Å². The van der Waals surface area contributed by atoms with E-state index < -0.39 is 11.6 Å². The third-order valence-electron chi connectivity index (χ3n) is 5.40. The zero-order valence-corrected chi connectivity index (χ0v) is 17.8. The Morgan fingerprint density at radius 1 is 1.00 bits per heavy atom. The SMILES string of the molecule is Cc1ccn(CCC(=O)N[C@H](c2ccccc2)C(O)(c2cccnc2)c2cccnc2)n1. The Morgan fingerprint density at radius 3 is 2.19 bits per heavy atom. The van der Waals surface area contributed by atoms with Gasteiger partial charge in [-0.05, 0) is 30.7 Å². The maximum absolute atomic E-state index is 13.0. The number of rotatable bonds is 8. The number of carbonyl (C=O) groups excluding carboxylic acids is 1. The van der Waals surface area contributed by atoms with Gasteiger partial charge in [-0.15, -0.1) is 0 Å². The largest absolute Gasteiger partial charge is 0.378 e. The quantitative estimate of drug-likeness (QED) is 0.451. The van der Waals surface area contributed by atoms with E-state index in [0.29, 0.717) is 17.7 Å². The minimum Gasteiger partial charge on any atom is -0.378 e. The van der Waals surface area contributed by atoms with Crippen LogP contribution < -0.4 is 5.32 Å². The van der Waals surface area contributed by atoms with Crippen molar-refractivity contribution < 1.29 is 9.90 Å². The molecule has 0 fully saturated rings. The van der Waals surface area contributed by atoms with Crippen LogP contribution in [0.25, 0.3) is 0 Å². The Bertz CT molecular complexity index is 1110. The maximum Gasteiger partial charge on any atom is 0.222 e. The third-order valence-corrected chi connectivity index (χ3v) is 5.40. The van der Waals surface area contributed by atoms with Crippen molar-refractivity contribution in [1.82, 2.24) is 25.1 Å². The molecule has 1 aromatic carbocycles. The fourth-order valence-electron chi connectivity index (χ4n) is 3.79. The van der Waals surface area contributed by atoms with Crippen LogP contribution in [0.3, 0.4) is 0 Å². The molecule has 3 heterocycles. The van der Waals surface area contributed by atoms with Gasteiger partial charge in [0, 0.05) is 55.1 Å². The second kappa shape index (κ2) is 9.53. The van der Waals surface area contributed by atoms with Crippen molar-refractivity contribution in [3.63, 3.8) is 0 Å². The van der Waals surface area contributed by atoms with Crippen molar-refractivity contribution in [3.8, 4) is 0 Å². The normalized spacial score (nSPS) is 12.3. The first kappa shape index (κ1) is 21.4. The average molecular weight is 428 g/mol. The first-order valence-electron chi connectivity index (χ1n) is 10.4. The molecule has 0 aliphatic carbocycles. The second-order valence-corrected chi connectivity index (χ2v) is 7.63.